The van der Waals surface area contributed by atoms with Gasteiger partial charge in [0, 0.05) is 11.9 Å². The van der Waals surface area contributed by atoms with Crippen LogP contribution in [0.25, 0.3) is 10.2 Å². The second-order valence-electron chi connectivity index (χ2n) is 6.97. The van der Waals surface area contributed by atoms with E-state index in [4.69, 9.17) is 16.3 Å². The van der Waals surface area contributed by atoms with Crippen LogP contribution in [0.4, 0.5) is 0 Å². The molecule has 2 aromatic heterocycles. The van der Waals surface area contributed by atoms with Crippen molar-refractivity contribution >= 4 is 50.8 Å². The largest absolute Gasteiger partial charge is 0.490 e. The fourth-order valence-corrected chi connectivity index (χ4v) is 5.02. The summed E-state index contributed by atoms with van der Waals surface area (Å²) >= 11 is 9.04. The number of ether oxygens (including phenoxy) is 1. The van der Waals surface area contributed by atoms with Gasteiger partial charge in [0.15, 0.2) is 0 Å². The van der Waals surface area contributed by atoms with E-state index in [1.54, 1.807) is 24.1 Å². The molecule has 1 amide bonds. The van der Waals surface area contributed by atoms with Gasteiger partial charge in [-0.2, -0.15) is 0 Å². The molecule has 2 heterocycles. The molecule has 0 aliphatic carbocycles. The topological polar surface area (TPSA) is 75.3 Å². The number of hydrogen-bond donors (Lipinski definition) is 1. The summed E-state index contributed by atoms with van der Waals surface area (Å²) < 4.78 is 5.65. The number of halogens is 1. The Kier molecular flexibility index (Phi) is 7.44. The van der Waals surface area contributed by atoms with Gasteiger partial charge >= 0.3 is 0 Å². The summed E-state index contributed by atoms with van der Waals surface area (Å²) in [7, 11) is 1.75. The van der Waals surface area contributed by atoms with E-state index in [1.807, 2.05) is 32.9 Å². The molecule has 0 radical (unpaired) electrons. The number of aromatic nitrogens is 2. The van der Waals surface area contributed by atoms with Gasteiger partial charge < -0.3 is 14.6 Å². The minimum Gasteiger partial charge on any atom is -0.490 e. The number of carbonyl (C=O) groups is 1. The van der Waals surface area contributed by atoms with Crippen LogP contribution in [0.15, 0.2) is 29.1 Å². The van der Waals surface area contributed by atoms with Crippen molar-refractivity contribution in [3.63, 3.8) is 0 Å². The minimum atomic E-state index is -0.275. The van der Waals surface area contributed by atoms with E-state index in [0.717, 1.165) is 15.3 Å². The van der Waals surface area contributed by atoms with Crippen molar-refractivity contribution in [3.8, 4) is 5.75 Å². The van der Waals surface area contributed by atoms with Crippen LogP contribution in [-0.2, 0) is 10.5 Å². The molecule has 6 nitrogen and oxygen atoms in total. The van der Waals surface area contributed by atoms with Crippen LogP contribution >= 0.6 is 34.7 Å². The zero-order valence-electron chi connectivity index (χ0n) is 17.3. The van der Waals surface area contributed by atoms with Crippen molar-refractivity contribution in [3.05, 3.63) is 55.9 Å². The first kappa shape index (κ1) is 22.7. The standard InChI is InChI=1S/C21H24ClN3O3S2/c1-12-13(2)30-20-18(12)19(26)23-17(24-20)11-29-14(3)21(27)25(4)9-10-28-16-8-6-5-7-15(16)22/h5-8,14H,9-11H2,1-4H3,(H,23,24,26). The van der Waals surface area contributed by atoms with E-state index in [-0.39, 0.29) is 16.7 Å². The number of para-hydroxylation sites is 1. The van der Waals surface area contributed by atoms with Crippen molar-refractivity contribution in [2.24, 2.45) is 0 Å². The molecule has 0 saturated carbocycles. The third-order valence-electron chi connectivity index (χ3n) is 4.80. The van der Waals surface area contributed by atoms with Gasteiger partial charge in [-0.25, -0.2) is 4.98 Å². The van der Waals surface area contributed by atoms with E-state index < -0.39 is 0 Å². The number of amides is 1. The number of nitrogens with zero attached hydrogens (tertiary/aromatic N) is 2. The monoisotopic (exact) mass is 465 g/mol. The van der Waals surface area contributed by atoms with Gasteiger partial charge in [-0.3, -0.25) is 9.59 Å². The maximum atomic E-state index is 12.6. The number of aromatic amines is 1. The molecule has 3 rings (SSSR count). The van der Waals surface area contributed by atoms with Crippen LogP contribution in [0.3, 0.4) is 0 Å². The first-order valence-corrected chi connectivity index (χ1v) is 11.7. The Balaban J connectivity index is 1.53. The molecule has 1 N–H and O–H groups in total. The van der Waals surface area contributed by atoms with Crippen LogP contribution in [0.1, 0.15) is 23.2 Å². The average molecular weight is 466 g/mol. The van der Waals surface area contributed by atoms with E-state index in [0.29, 0.717) is 40.9 Å². The molecule has 3 aromatic rings. The Morgan fingerprint density at radius 1 is 1.37 bits per heavy atom. The van der Waals surface area contributed by atoms with Gasteiger partial charge in [0.2, 0.25) is 5.91 Å². The summed E-state index contributed by atoms with van der Waals surface area (Å²) in [4.78, 5) is 35.9. The molecule has 9 heteroatoms. The molecule has 0 aliphatic heterocycles. The molecular weight excluding hydrogens is 442 g/mol. The van der Waals surface area contributed by atoms with Crippen LogP contribution in [0.2, 0.25) is 5.02 Å². The van der Waals surface area contributed by atoms with Crippen molar-refractivity contribution in [2.45, 2.75) is 31.8 Å². The highest BCUT2D eigenvalue weighted by atomic mass is 35.5. The predicted molar refractivity (Wildman–Crippen MR) is 125 cm³/mol. The zero-order chi connectivity index (χ0) is 21.8. The Hall–Kier alpha value is -2.03. The summed E-state index contributed by atoms with van der Waals surface area (Å²) in [5, 5.41) is 0.932. The number of carbonyl (C=O) groups excluding carboxylic acids is 1. The van der Waals surface area contributed by atoms with Gasteiger partial charge in [-0.05, 0) is 38.5 Å². The van der Waals surface area contributed by atoms with E-state index in [2.05, 4.69) is 9.97 Å². The number of fused-ring (bicyclic) bond motifs is 1. The van der Waals surface area contributed by atoms with Gasteiger partial charge in [-0.1, -0.05) is 23.7 Å². The third kappa shape index (κ3) is 5.17. The van der Waals surface area contributed by atoms with Crippen molar-refractivity contribution in [1.82, 2.24) is 14.9 Å². The summed E-state index contributed by atoms with van der Waals surface area (Å²) in [6.45, 7) is 6.58. The molecule has 0 fully saturated rings. The number of benzene rings is 1. The fraction of sp³-hybridized carbons (Fsp3) is 0.381. The number of nitrogens with one attached hydrogen (secondary N) is 1. The van der Waals surface area contributed by atoms with Gasteiger partial charge in [-0.15, -0.1) is 23.1 Å². The lowest BCUT2D eigenvalue weighted by Crippen LogP contribution is -2.36. The molecule has 160 valence electrons. The normalized spacial score (nSPS) is 12.2. The van der Waals surface area contributed by atoms with Gasteiger partial charge in [0.1, 0.15) is 23.0 Å². The first-order valence-electron chi connectivity index (χ1n) is 9.50. The molecular formula is C21H24ClN3O3S2. The lowest BCUT2D eigenvalue weighted by molar-refractivity contribution is -0.129. The lowest BCUT2D eigenvalue weighted by atomic mass is 10.2. The lowest BCUT2D eigenvalue weighted by Gasteiger charge is -2.21. The zero-order valence-corrected chi connectivity index (χ0v) is 19.7. The van der Waals surface area contributed by atoms with Crippen molar-refractivity contribution in [1.29, 1.82) is 0 Å². The number of rotatable bonds is 8. The van der Waals surface area contributed by atoms with Crippen molar-refractivity contribution in [2.75, 3.05) is 20.2 Å². The Morgan fingerprint density at radius 3 is 2.83 bits per heavy atom. The quantitative estimate of drug-likeness (QED) is 0.533. The molecule has 0 bridgehead atoms. The van der Waals surface area contributed by atoms with E-state index in [9.17, 15) is 9.59 Å². The molecule has 1 aromatic carbocycles. The molecule has 0 saturated heterocycles. The number of aryl methyl sites for hydroxylation is 2. The van der Waals surface area contributed by atoms with Crippen molar-refractivity contribution < 1.29 is 9.53 Å². The highest BCUT2D eigenvalue weighted by Gasteiger charge is 2.19. The second kappa shape index (κ2) is 9.85. The number of thiophene rings is 1. The molecule has 30 heavy (non-hydrogen) atoms. The smallest absolute Gasteiger partial charge is 0.259 e. The van der Waals surface area contributed by atoms with Gasteiger partial charge in [0.25, 0.3) is 5.56 Å². The Labute approximate surface area is 188 Å². The molecule has 1 atom stereocenters. The summed E-state index contributed by atoms with van der Waals surface area (Å²) in [5.41, 5.74) is 0.859. The van der Waals surface area contributed by atoms with Crippen LogP contribution in [0, 0.1) is 13.8 Å². The average Bonchev–Trinajstić information content (AvgIpc) is 3.00. The number of H-pyrrole nitrogens is 1. The highest BCUT2D eigenvalue weighted by molar-refractivity contribution is 7.99. The van der Waals surface area contributed by atoms with Crippen LogP contribution in [-0.4, -0.2) is 46.2 Å². The molecule has 0 aliphatic rings. The summed E-state index contributed by atoms with van der Waals surface area (Å²) in [5.74, 6) is 1.64. The maximum Gasteiger partial charge on any atom is 0.259 e. The van der Waals surface area contributed by atoms with Gasteiger partial charge in [0.05, 0.1) is 28.0 Å². The Morgan fingerprint density at radius 2 is 2.10 bits per heavy atom. The summed E-state index contributed by atoms with van der Waals surface area (Å²) in [6.07, 6.45) is 0. The maximum absolute atomic E-state index is 12.6. The third-order valence-corrected chi connectivity index (χ3v) is 7.36. The minimum absolute atomic E-state index is 0.00556. The first-order chi connectivity index (χ1) is 14.3. The summed E-state index contributed by atoms with van der Waals surface area (Å²) in [6, 6.07) is 7.25. The molecule has 0 spiro atoms. The number of thioether (sulfide) groups is 1. The highest BCUT2D eigenvalue weighted by Crippen LogP contribution is 2.27. The molecule has 1 unspecified atom stereocenters. The van der Waals surface area contributed by atoms with E-state index >= 15 is 0 Å². The van der Waals surface area contributed by atoms with E-state index in [1.165, 1.54) is 23.1 Å². The SMILES string of the molecule is Cc1sc2nc(CSC(C)C(=O)N(C)CCOc3ccccc3Cl)[nH]c(=O)c2c1C. The number of hydrogen-bond acceptors (Lipinski definition) is 6. The Bertz CT molecular complexity index is 1110. The van der Waals surface area contributed by atoms with Crippen LogP contribution < -0.4 is 10.3 Å². The number of likely N-dealkylation sites (N-methyl/N-ethyl adjacent to an activating group) is 1. The predicted octanol–water partition coefficient (Wildman–Crippen LogP) is 4.41. The van der Waals surface area contributed by atoms with Crippen LogP contribution in [0.5, 0.6) is 5.75 Å². The fourth-order valence-electron chi connectivity index (χ4n) is 2.92. The second-order valence-corrected chi connectivity index (χ2v) is 9.91.